The van der Waals surface area contributed by atoms with Crippen molar-refractivity contribution in [2.75, 3.05) is 0 Å². The standard InChI is InChI=1S/C12H10.C11H18N.C9H13.C2H7Si.Ti/c1-3-7-11(8-4-1)12-9-5-2-6-10-12;1-10-3-8-2-9(4-10)6-11(12,5-8)7-10;1-6-5-7(2)9(4)8(6)3;1-3-2;/h1-10H;8-9,12H,2-7H2,1H3;6H,1-4H3;3H,1-2H3;/q;-1;;;+1. The number of hydrogen-bond donors (Lipinski definition) is 1. The number of hydrogen-bond acceptors (Lipinski definition) is 1. The fourth-order valence-electron chi connectivity index (χ4n) is 8.74. The van der Waals surface area contributed by atoms with Crippen LogP contribution in [0.15, 0.2) is 81.3 Å². The van der Waals surface area contributed by atoms with E-state index in [2.05, 4.69) is 100 Å². The molecule has 1 N–H and O–H groups in total. The third-order valence-corrected chi connectivity index (χ3v) is 22.0. The Bertz CT molecular complexity index is 1110. The molecule has 7 rings (SSSR count). The van der Waals surface area contributed by atoms with Crippen molar-refractivity contribution in [1.82, 2.24) is 3.80 Å². The average Bonchev–Trinajstić information content (AvgIpc) is 3.05. The predicted molar refractivity (Wildman–Crippen MR) is 160 cm³/mol. The molecule has 1 nitrogen and oxygen atoms in total. The van der Waals surface area contributed by atoms with E-state index in [1.54, 1.807) is 23.1 Å². The molecule has 0 aromatic heterocycles. The summed E-state index contributed by atoms with van der Waals surface area (Å²) in [6.07, 6.45) is 9.09. The van der Waals surface area contributed by atoms with Crippen molar-refractivity contribution in [3.05, 3.63) is 81.3 Å². The van der Waals surface area contributed by atoms with Gasteiger partial charge in [-0.1, -0.05) is 60.7 Å². The molecule has 4 saturated carbocycles. The minimum Gasteiger partial charge on any atom is -0.0622 e. The van der Waals surface area contributed by atoms with Crippen molar-refractivity contribution in [3.8, 4) is 11.1 Å². The molecule has 2 aromatic rings. The van der Waals surface area contributed by atoms with Crippen LogP contribution in [0.2, 0.25) is 13.1 Å². The summed E-state index contributed by atoms with van der Waals surface area (Å²) in [6.45, 7) is 16.9. The van der Waals surface area contributed by atoms with E-state index in [9.17, 15) is 0 Å². The molecule has 0 saturated heterocycles. The summed E-state index contributed by atoms with van der Waals surface area (Å²) >= 11 is -1.35. The largest absolute Gasteiger partial charge is 0.0622 e. The van der Waals surface area contributed by atoms with E-state index in [4.69, 9.17) is 0 Å². The maximum atomic E-state index is 4.57. The number of nitrogens with one attached hydrogen (secondary N) is 1. The number of benzene rings is 2. The summed E-state index contributed by atoms with van der Waals surface area (Å²) in [7, 11) is 0. The Morgan fingerprint density at radius 1 is 0.784 bits per heavy atom. The molecule has 2 aromatic carbocycles. The van der Waals surface area contributed by atoms with Crippen LogP contribution in [0.4, 0.5) is 0 Å². The quantitative estimate of drug-likeness (QED) is 0.369. The van der Waals surface area contributed by atoms with Gasteiger partial charge in [0.05, 0.1) is 0 Å². The molecule has 3 unspecified atom stereocenters. The van der Waals surface area contributed by atoms with Gasteiger partial charge >= 0.3 is 163 Å². The van der Waals surface area contributed by atoms with Gasteiger partial charge in [0.1, 0.15) is 0 Å². The van der Waals surface area contributed by atoms with Crippen LogP contribution in [0, 0.1) is 23.2 Å². The third kappa shape index (κ3) is 5.60. The van der Waals surface area contributed by atoms with Gasteiger partial charge < -0.3 is 0 Å². The molecular formula is C34H48NSiTi. The first-order valence-corrected chi connectivity index (χ1v) is 21.9. The molecule has 4 bridgehead atoms. The van der Waals surface area contributed by atoms with Crippen LogP contribution in [-0.2, 0) is 17.4 Å². The maximum Gasteiger partial charge on any atom is -0.0184 e. The Morgan fingerprint density at radius 2 is 1.30 bits per heavy atom. The topological polar surface area (TPSA) is 12.0 Å². The minimum atomic E-state index is -1.35. The number of allylic oxidation sites excluding steroid dienone is 4. The maximum absolute atomic E-state index is 4.57. The van der Waals surface area contributed by atoms with Crippen LogP contribution >= 0.6 is 0 Å². The van der Waals surface area contributed by atoms with E-state index in [1.807, 2.05) is 16.0 Å². The SMILES string of the molecule is CC1=C(C)C(C)[C]([Ti]([NH]C23CC4CC(CC(C)(C4)C2)C3)[SiH](C)C)=C1C.c1ccc(-c2ccccc2)cc1. The van der Waals surface area contributed by atoms with Gasteiger partial charge in [0, 0.05) is 0 Å². The van der Waals surface area contributed by atoms with Gasteiger partial charge in [-0.15, -0.1) is 0 Å². The molecule has 5 aliphatic carbocycles. The summed E-state index contributed by atoms with van der Waals surface area (Å²) < 4.78 is 6.50. The Balaban J connectivity index is 0.000000195. The second-order valence-electron chi connectivity index (χ2n) is 13.5. The normalized spacial score (nSPS) is 32.2. The molecule has 0 radical (unpaired) electrons. The summed E-state index contributed by atoms with van der Waals surface area (Å²) in [5.41, 5.74) is 8.70. The molecule has 0 spiro atoms. The van der Waals surface area contributed by atoms with Gasteiger partial charge in [-0.3, -0.25) is 0 Å². The van der Waals surface area contributed by atoms with Crippen molar-refractivity contribution >= 4 is 6.66 Å². The van der Waals surface area contributed by atoms with Gasteiger partial charge in [-0.25, -0.2) is 0 Å². The first kappa shape index (κ1) is 27.4. The first-order valence-electron chi connectivity index (χ1n) is 14.7. The van der Waals surface area contributed by atoms with Gasteiger partial charge in [-0.2, -0.15) is 0 Å². The average molecular weight is 547 g/mol. The predicted octanol–water partition coefficient (Wildman–Crippen LogP) is 9.07. The Kier molecular flexibility index (Phi) is 7.96. The zero-order valence-electron chi connectivity index (χ0n) is 24.3. The van der Waals surface area contributed by atoms with E-state index in [-0.39, 0.29) is 0 Å². The van der Waals surface area contributed by atoms with E-state index >= 15 is 0 Å². The zero-order valence-corrected chi connectivity index (χ0v) is 27.0. The number of rotatable bonds is 5. The Morgan fingerprint density at radius 3 is 1.70 bits per heavy atom. The van der Waals surface area contributed by atoms with Crippen molar-refractivity contribution in [3.63, 3.8) is 0 Å². The molecular weight excluding hydrogens is 498 g/mol. The molecule has 0 aliphatic heterocycles. The molecule has 3 atom stereocenters. The van der Waals surface area contributed by atoms with Crippen LogP contribution in [0.3, 0.4) is 0 Å². The minimum absolute atomic E-state index is 0.531. The fourth-order valence-corrected chi connectivity index (χ4v) is 20.6. The van der Waals surface area contributed by atoms with Crippen LogP contribution in [-0.4, -0.2) is 12.2 Å². The summed E-state index contributed by atoms with van der Waals surface area (Å²) in [5, 5.41) is 0. The third-order valence-electron chi connectivity index (χ3n) is 10.1. The van der Waals surface area contributed by atoms with Gasteiger partial charge in [-0.05, 0) is 11.1 Å². The summed E-state index contributed by atoms with van der Waals surface area (Å²) in [5.74, 6) is 2.79. The summed E-state index contributed by atoms with van der Waals surface area (Å²) in [4.78, 5) is 0. The molecule has 0 heterocycles. The molecule has 4 fully saturated rings. The van der Waals surface area contributed by atoms with E-state index in [0.29, 0.717) is 11.0 Å². The Labute approximate surface area is 234 Å². The molecule has 0 amide bonds. The second-order valence-corrected chi connectivity index (χ2v) is 26.2. The van der Waals surface area contributed by atoms with Crippen molar-refractivity contribution < 1.29 is 17.4 Å². The first-order chi connectivity index (χ1) is 17.6. The molecule has 197 valence electrons. The van der Waals surface area contributed by atoms with Crippen LogP contribution in [0.25, 0.3) is 11.1 Å². The van der Waals surface area contributed by atoms with Crippen molar-refractivity contribution in [2.24, 2.45) is 23.2 Å². The van der Waals surface area contributed by atoms with Gasteiger partial charge in [0.25, 0.3) is 0 Å². The molecule has 3 heteroatoms. The van der Waals surface area contributed by atoms with Crippen LogP contribution < -0.4 is 3.80 Å². The van der Waals surface area contributed by atoms with E-state index < -0.39 is 24.0 Å². The second kappa shape index (κ2) is 10.8. The molecule has 37 heavy (non-hydrogen) atoms. The van der Waals surface area contributed by atoms with Gasteiger partial charge in [0.15, 0.2) is 0 Å². The van der Waals surface area contributed by atoms with Crippen molar-refractivity contribution in [1.29, 1.82) is 0 Å². The smallest absolute Gasteiger partial charge is 0.0184 e. The fraction of sp³-hybridized carbons (Fsp3) is 0.529. The van der Waals surface area contributed by atoms with Gasteiger partial charge in [0.2, 0.25) is 0 Å². The van der Waals surface area contributed by atoms with E-state index in [0.717, 1.165) is 17.8 Å². The summed E-state index contributed by atoms with van der Waals surface area (Å²) in [6, 6.07) is 20.8. The van der Waals surface area contributed by atoms with Crippen LogP contribution in [0.1, 0.15) is 73.1 Å². The monoisotopic (exact) mass is 546 g/mol. The zero-order chi connectivity index (χ0) is 26.4. The van der Waals surface area contributed by atoms with E-state index in [1.165, 1.54) is 43.2 Å². The van der Waals surface area contributed by atoms with Crippen molar-refractivity contribution in [2.45, 2.75) is 91.8 Å². The van der Waals surface area contributed by atoms with Crippen LogP contribution in [0.5, 0.6) is 0 Å². The molecule has 5 aliphatic rings. The Hall–Kier alpha value is -1.19.